The number of hydrogen-bond acceptors (Lipinski definition) is 5. The highest BCUT2D eigenvalue weighted by molar-refractivity contribution is 6.21. The number of nitrogens with two attached hydrogens (primary N) is 1. The van der Waals surface area contributed by atoms with Crippen LogP contribution >= 0.6 is 0 Å². The van der Waals surface area contributed by atoms with Gasteiger partial charge in [0.15, 0.2) is 5.69 Å². The topological polar surface area (TPSA) is 111 Å². The van der Waals surface area contributed by atoms with E-state index in [4.69, 9.17) is 10.9 Å². The van der Waals surface area contributed by atoms with Crippen molar-refractivity contribution in [3.63, 3.8) is 0 Å². The van der Waals surface area contributed by atoms with E-state index in [0.717, 1.165) is 4.90 Å². The van der Waals surface area contributed by atoms with E-state index in [1.165, 1.54) is 18.2 Å². The highest BCUT2D eigenvalue weighted by Gasteiger charge is 2.35. The molecule has 0 saturated carbocycles. The van der Waals surface area contributed by atoms with E-state index < -0.39 is 17.0 Å². The molecule has 22 heavy (non-hydrogen) atoms. The highest BCUT2D eigenvalue weighted by atomic mass is 16.8. The second kappa shape index (κ2) is 5.23. The summed E-state index contributed by atoms with van der Waals surface area (Å²) >= 11 is 0. The summed E-state index contributed by atoms with van der Waals surface area (Å²) in [6.45, 7) is -0.0563. The molecule has 0 aromatic heterocycles. The molecule has 1 atom stereocenters. The molecule has 4 N–H and O–H groups in total. The number of carbonyl (C=O) groups is 2. The fourth-order valence-electron chi connectivity index (χ4n) is 2.43. The zero-order valence-corrected chi connectivity index (χ0v) is 11.4. The van der Waals surface area contributed by atoms with Gasteiger partial charge in [0.05, 0.1) is 17.7 Å². The average Bonchev–Trinajstić information content (AvgIpc) is 2.74. The number of carbonyl (C=O) groups excluding carboxylic acids is 2. The molecule has 3 rings (SSSR count). The van der Waals surface area contributed by atoms with Gasteiger partial charge in [0, 0.05) is 23.4 Å². The summed E-state index contributed by atoms with van der Waals surface area (Å²) in [6, 6.07) is 10.8. The molecule has 7 nitrogen and oxygen atoms in total. The summed E-state index contributed by atoms with van der Waals surface area (Å²) in [7, 11) is 0. The number of nitrogens with one attached hydrogen (secondary N) is 1. The number of rotatable bonds is 3. The Morgan fingerprint density at radius 3 is 2.23 bits per heavy atom. The summed E-state index contributed by atoms with van der Waals surface area (Å²) in [5.74, 6) is -0.804. The van der Waals surface area contributed by atoms with Crippen molar-refractivity contribution in [1.29, 1.82) is 0 Å². The maximum Gasteiger partial charge on any atom is 0.261 e. The molecule has 1 aliphatic rings. The first-order valence-corrected chi connectivity index (χ1v) is 6.56. The Kier molecular flexibility index (Phi) is 3.38. The Hall–Kier alpha value is -2.74. The molecular weight excluding hydrogens is 286 g/mol. The van der Waals surface area contributed by atoms with Crippen molar-refractivity contribution in [1.82, 2.24) is 4.90 Å². The van der Waals surface area contributed by atoms with E-state index in [-0.39, 0.29) is 12.2 Å². The van der Waals surface area contributed by atoms with Crippen LogP contribution in [0.1, 0.15) is 26.3 Å². The minimum absolute atomic E-state index is 0.0563. The third kappa shape index (κ3) is 2.23. The van der Waals surface area contributed by atoms with Crippen LogP contribution in [0, 0.1) is 5.21 Å². The number of anilines is 1. The SMILES string of the molecule is Nc1ccc([NH+]([O-])O)cc1CN1C(=O)c2ccccc2C1=O. The second-order valence-electron chi connectivity index (χ2n) is 4.96. The Balaban J connectivity index is 1.94. The quantitative estimate of drug-likeness (QED) is 0.433. The summed E-state index contributed by atoms with van der Waals surface area (Å²) in [5.41, 5.74) is 7.33. The molecule has 0 aliphatic carbocycles. The van der Waals surface area contributed by atoms with E-state index in [1.807, 2.05) is 0 Å². The average molecular weight is 299 g/mol. The third-order valence-corrected chi connectivity index (χ3v) is 3.60. The number of nitrogens with zero attached hydrogens (tertiary/aromatic N) is 1. The molecule has 0 saturated heterocycles. The molecule has 2 aromatic rings. The summed E-state index contributed by atoms with van der Waals surface area (Å²) < 4.78 is 0. The lowest BCUT2D eigenvalue weighted by molar-refractivity contribution is -0.991. The summed E-state index contributed by atoms with van der Waals surface area (Å²) in [5, 5.41) is 18.9. The number of imide groups is 1. The van der Waals surface area contributed by atoms with Gasteiger partial charge in [-0.05, 0) is 18.2 Å². The Morgan fingerprint density at radius 2 is 1.68 bits per heavy atom. The van der Waals surface area contributed by atoms with Gasteiger partial charge in [-0.1, -0.05) is 12.1 Å². The standard InChI is InChI=1S/C15H13N3O4/c16-13-6-5-10(18(21)22)7-9(13)8-17-14(19)11-3-1-2-4-12(11)15(17)20/h1-7,18,21H,8,16H2. The lowest BCUT2D eigenvalue weighted by atomic mass is 10.1. The van der Waals surface area contributed by atoms with Gasteiger partial charge >= 0.3 is 0 Å². The predicted molar refractivity (Wildman–Crippen MR) is 77.3 cm³/mol. The van der Waals surface area contributed by atoms with Gasteiger partial charge in [-0.2, -0.15) is 5.23 Å². The van der Waals surface area contributed by atoms with Crippen LogP contribution in [0.4, 0.5) is 11.4 Å². The molecule has 1 unspecified atom stereocenters. The van der Waals surface area contributed by atoms with Gasteiger partial charge < -0.3 is 10.9 Å². The van der Waals surface area contributed by atoms with Crippen LogP contribution < -0.4 is 11.0 Å². The summed E-state index contributed by atoms with van der Waals surface area (Å²) in [4.78, 5) is 25.7. The van der Waals surface area contributed by atoms with Crippen LogP contribution in [-0.4, -0.2) is 21.9 Å². The van der Waals surface area contributed by atoms with Crippen LogP contribution in [0.2, 0.25) is 0 Å². The molecule has 1 heterocycles. The molecule has 0 fully saturated rings. The van der Waals surface area contributed by atoms with Gasteiger partial charge in [0.1, 0.15) is 0 Å². The monoisotopic (exact) mass is 299 g/mol. The molecule has 7 heteroatoms. The molecule has 0 radical (unpaired) electrons. The van der Waals surface area contributed by atoms with Crippen LogP contribution in [0.15, 0.2) is 42.5 Å². The summed E-state index contributed by atoms with van der Waals surface area (Å²) in [6.07, 6.45) is 0. The number of hydrogen-bond donors (Lipinski definition) is 3. The highest BCUT2D eigenvalue weighted by Crippen LogP contribution is 2.26. The first-order valence-electron chi connectivity index (χ1n) is 6.56. The normalized spacial score (nSPS) is 15.1. The first-order chi connectivity index (χ1) is 10.5. The smallest absolute Gasteiger partial charge is 0.261 e. The third-order valence-electron chi connectivity index (χ3n) is 3.60. The Bertz CT molecular complexity index is 738. The lowest BCUT2D eigenvalue weighted by Gasteiger charge is -2.17. The first kappa shape index (κ1) is 14.2. The van der Waals surface area contributed by atoms with Gasteiger partial charge in [-0.3, -0.25) is 14.5 Å². The number of quaternary nitrogens is 1. The Morgan fingerprint density at radius 1 is 1.09 bits per heavy atom. The minimum Gasteiger partial charge on any atom is -0.595 e. The molecule has 0 spiro atoms. The Labute approximate surface area is 125 Å². The van der Waals surface area contributed by atoms with Crippen molar-refractivity contribution in [2.75, 3.05) is 5.73 Å². The fraction of sp³-hybridized carbons (Fsp3) is 0.0667. The van der Waals surface area contributed by atoms with Gasteiger partial charge in [-0.15, -0.1) is 0 Å². The van der Waals surface area contributed by atoms with E-state index in [2.05, 4.69) is 0 Å². The molecule has 0 bridgehead atoms. The van der Waals surface area contributed by atoms with Crippen LogP contribution in [0.5, 0.6) is 0 Å². The molecule has 112 valence electrons. The van der Waals surface area contributed by atoms with Crippen molar-refractivity contribution in [2.24, 2.45) is 0 Å². The van der Waals surface area contributed by atoms with E-state index >= 15 is 0 Å². The van der Waals surface area contributed by atoms with Gasteiger partial charge in [-0.25, -0.2) is 5.21 Å². The number of fused-ring (bicyclic) bond motifs is 1. The zero-order valence-electron chi connectivity index (χ0n) is 11.4. The second-order valence-corrected chi connectivity index (χ2v) is 4.96. The number of nitrogen functional groups attached to an aromatic ring is 1. The van der Waals surface area contributed by atoms with Gasteiger partial charge in [0.2, 0.25) is 0 Å². The fourth-order valence-corrected chi connectivity index (χ4v) is 2.43. The van der Waals surface area contributed by atoms with Crippen LogP contribution in [0.25, 0.3) is 0 Å². The largest absolute Gasteiger partial charge is 0.595 e. The molecule has 2 amide bonds. The van der Waals surface area contributed by atoms with Crippen molar-refractivity contribution in [3.05, 3.63) is 64.4 Å². The maximum absolute atomic E-state index is 12.3. The van der Waals surface area contributed by atoms with Crippen molar-refractivity contribution >= 4 is 23.2 Å². The minimum atomic E-state index is -1.09. The number of benzene rings is 2. The maximum atomic E-state index is 12.3. The van der Waals surface area contributed by atoms with E-state index in [1.54, 1.807) is 24.3 Å². The zero-order chi connectivity index (χ0) is 15.9. The molecular formula is C15H13N3O4. The van der Waals surface area contributed by atoms with Crippen molar-refractivity contribution in [2.45, 2.75) is 6.54 Å². The predicted octanol–water partition coefficient (Wildman–Crippen LogP) is 0.468. The number of amides is 2. The van der Waals surface area contributed by atoms with Gasteiger partial charge in [0.25, 0.3) is 11.8 Å². The van der Waals surface area contributed by atoms with Crippen LogP contribution in [-0.2, 0) is 6.54 Å². The van der Waals surface area contributed by atoms with Crippen LogP contribution in [0.3, 0.4) is 0 Å². The van der Waals surface area contributed by atoms with Crippen molar-refractivity contribution < 1.29 is 20.0 Å². The molecule has 2 aromatic carbocycles. The van der Waals surface area contributed by atoms with Crippen molar-refractivity contribution in [3.8, 4) is 0 Å². The van der Waals surface area contributed by atoms with E-state index in [9.17, 15) is 14.8 Å². The molecule has 1 aliphatic heterocycles. The van der Waals surface area contributed by atoms with E-state index in [0.29, 0.717) is 22.4 Å². The lowest BCUT2D eigenvalue weighted by Crippen LogP contribution is -2.99.